The van der Waals surface area contributed by atoms with Gasteiger partial charge in [-0.2, -0.15) is 13.2 Å². The third-order valence-electron chi connectivity index (χ3n) is 6.36. The number of halogens is 3. The maximum Gasteiger partial charge on any atom is 0.416 e. The molecule has 2 fully saturated rings. The van der Waals surface area contributed by atoms with Gasteiger partial charge in [-0.3, -0.25) is 14.6 Å². The molecule has 0 aliphatic carbocycles. The summed E-state index contributed by atoms with van der Waals surface area (Å²) in [5, 5.41) is 0. The Bertz CT molecular complexity index is 1060. The van der Waals surface area contributed by atoms with Crippen LogP contribution >= 0.6 is 0 Å². The number of carbonyl (C=O) groups excluding carboxylic acids is 2. The molecule has 2 aliphatic rings. The minimum atomic E-state index is -4.43. The van der Waals surface area contributed by atoms with Crippen LogP contribution in [0.5, 0.6) is 0 Å². The van der Waals surface area contributed by atoms with Crippen molar-refractivity contribution in [2.24, 2.45) is 0 Å². The number of nitrogens with zero attached hydrogens (tertiary/aromatic N) is 4. The first kappa shape index (κ1) is 23.1. The van der Waals surface area contributed by atoms with Crippen molar-refractivity contribution in [3.8, 4) is 0 Å². The first-order valence-electron chi connectivity index (χ1n) is 10.9. The summed E-state index contributed by atoms with van der Waals surface area (Å²) in [4.78, 5) is 36.3. The lowest BCUT2D eigenvalue weighted by Crippen LogP contribution is -2.81. The summed E-state index contributed by atoms with van der Waals surface area (Å²) in [5.41, 5.74) is 1.42. The lowest BCUT2D eigenvalue weighted by molar-refractivity contribution is -0.170. The Kier molecular flexibility index (Phi) is 5.62. The molecule has 2 aliphatic heterocycles. The van der Waals surface area contributed by atoms with Crippen LogP contribution < -0.4 is 4.90 Å². The van der Waals surface area contributed by atoms with Crippen LogP contribution in [0.25, 0.3) is 0 Å². The highest BCUT2D eigenvalue weighted by atomic mass is 19.4. The number of aromatic nitrogens is 1. The number of alkyl halides is 3. The summed E-state index contributed by atoms with van der Waals surface area (Å²) >= 11 is 0. The van der Waals surface area contributed by atoms with E-state index in [0.717, 1.165) is 29.2 Å². The van der Waals surface area contributed by atoms with Crippen LogP contribution in [0.4, 0.5) is 18.9 Å². The number of aryl methyl sites for hydroxylation is 2. The number of amides is 2. The predicted molar refractivity (Wildman–Crippen MR) is 117 cm³/mol. The van der Waals surface area contributed by atoms with Gasteiger partial charge >= 0.3 is 6.18 Å². The fourth-order valence-electron chi connectivity index (χ4n) is 4.63. The van der Waals surface area contributed by atoms with E-state index in [4.69, 9.17) is 0 Å². The second kappa shape index (κ2) is 8.04. The van der Waals surface area contributed by atoms with E-state index in [1.54, 1.807) is 9.80 Å². The average molecular weight is 461 g/mol. The molecule has 0 bridgehead atoms. The van der Waals surface area contributed by atoms with Gasteiger partial charge in [0.2, 0.25) is 5.91 Å². The van der Waals surface area contributed by atoms with E-state index in [0.29, 0.717) is 18.7 Å². The van der Waals surface area contributed by atoms with Crippen molar-refractivity contribution < 1.29 is 22.8 Å². The van der Waals surface area contributed by atoms with Crippen LogP contribution in [0.15, 0.2) is 36.4 Å². The van der Waals surface area contributed by atoms with Crippen molar-refractivity contribution in [1.82, 2.24) is 14.8 Å². The summed E-state index contributed by atoms with van der Waals surface area (Å²) < 4.78 is 38.8. The molecule has 3 heterocycles. The van der Waals surface area contributed by atoms with Gasteiger partial charge in [0, 0.05) is 29.7 Å². The van der Waals surface area contributed by atoms with Gasteiger partial charge in [-0.25, -0.2) is 0 Å². The van der Waals surface area contributed by atoms with E-state index in [9.17, 15) is 22.8 Å². The second-order valence-corrected chi connectivity index (χ2v) is 9.20. The maximum atomic E-state index is 13.6. The molecule has 0 atom stereocenters. The van der Waals surface area contributed by atoms with Gasteiger partial charge in [-0.1, -0.05) is 12.1 Å². The Hall–Kier alpha value is -3.10. The van der Waals surface area contributed by atoms with Crippen LogP contribution in [0.2, 0.25) is 0 Å². The minimum absolute atomic E-state index is 0.0354. The van der Waals surface area contributed by atoms with E-state index >= 15 is 0 Å². The molecule has 1 aromatic carbocycles. The number of anilines is 1. The van der Waals surface area contributed by atoms with Crippen LogP contribution in [-0.4, -0.2) is 57.8 Å². The van der Waals surface area contributed by atoms with Crippen LogP contribution in [0, 0.1) is 13.8 Å². The lowest BCUT2D eigenvalue weighted by atomic mass is 9.82. The van der Waals surface area contributed by atoms with Gasteiger partial charge in [-0.05, 0) is 57.5 Å². The normalized spacial score (nSPS) is 18.4. The average Bonchev–Trinajstić information content (AvgIpc) is 2.68. The summed E-state index contributed by atoms with van der Waals surface area (Å²) in [6, 6.07) is 8.50. The van der Waals surface area contributed by atoms with Crippen molar-refractivity contribution in [2.45, 2.75) is 52.0 Å². The van der Waals surface area contributed by atoms with Crippen LogP contribution in [0.1, 0.15) is 36.4 Å². The quantitative estimate of drug-likeness (QED) is 0.700. The van der Waals surface area contributed by atoms with Gasteiger partial charge in [0.05, 0.1) is 18.7 Å². The van der Waals surface area contributed by atoms with E-state index < -0.39 is 17.3 Å². The molecule has 1 aromatic heterocycles. The van der Waals surface area contributed by atoms with Gasteiger partial charge in [0.15, 0.2) is 5.54 Å². The molecule has 176 valence electrons. The van der Waals surface area contributed by atoms with E-state index in [2.05, 4.69) is 4.98 Å². The maximum absolute atomic E-state index is 13.6. The van der Waals surface area contributed by atoms with Crippen molar-refractivity contribution in [1.29, 1.82) is 0 Å². The summed E-state index contributed by atoms with van der Waals surface area (Å²) in [5.74, 6) is -0.326. The van der Waals surface area contributed by atoms with Crippen molar-refractivity contribution in [3.63, 3.8) is 0 Å². The summed E-state index contributed by atoms with van der Waals surface area (Å²) in [6.07, 6.45) is -4.43. The zero-order valence-corrected chi connectivity index (χ0v) is 19.1. The van der Waals surface area contributed by atoms with Crippen LogP contribution in [-0.2, 0) is 22.3 Å². The Morgan fingerprint density at radius 1 is 1.03 bits per heavy atom. The molecule has 2 aromatic rings. The van der Waals surface area contributed by atoms with Gasteiger partial charge in [0.1, 0.15) is 6.54 Å². The third kappa shape index (κ3) is 4.16. The molecular formula is C24H27F3N4O2. The minimum Gasteiger partial charge on any atom is -0.365 e. The molecule has 1 spiro atoms. The van der Waals surface area contributed by atoms with E-state index in [1.807, 2.05) is 44.7 Å². The molecule has 0 radical (unpaired) electrons. The highest BCUT2D eigenvalue weighted by Crippen LogP contribution is 2.38. The van der Waals surface area contributed by atoms with Crippen LogP contribution in [0.3, 0.4) is 0 Å². The Morgan fingerprint density at radius 2 is 1.61 bits per heavy atom. The topological polar surface area (TPSA) is 56.8 Å². The lowest BCUT2D eigenvalue weighted by Gasteiger charge is -2.59. The SMILES string of the molecule is Cc1cc(N2CC3(C2)C(=O)N(C(C)C)CC(=O)N3Cc2ccc(C(F)(F)F)cc2)cc(C)n1. The smallest absolute Gasteiger partial charge is 0.365 e. The largest absolute Gasteiger partial charge is 0.416 e. The summed E-state index contributed by atoms with van der Waals surface area (Å²) in [6.45, 7) is 8.24. The Labute approximate surface area is 191 Å². The molecule has 2 saturated heterocycles. The fourth-order valence-corrected chi connectivity index (χ4v) is 4.63. The van der Waals surface area contributed by atoms with E-state index in [1.165, 1.54) is 12.1 Å². The van der Waals surface area contributed by atoms with Crippen molar-refractivity contribution in [3.05, 3.63) is 58.9 Å². The highest BCUT2D eigenvalue weighted by Gasteiger charge is 2.59. The first-order chi connectivity index (χ1) is 15.4. The van der Waals surface area contributed by atoms with Crippen molar-refractivity contribution in [2.75, 3.05) is 24.5 Å². The number of carbonyl (C=O) groups is 2. The van der Waals surface area contributed by atoms with Gasteiger partial charge < -0.3 is 14.7 Å². The second-order valence-electron chi connectivity index (χ2n) is 9.20. The first-order valence-corrected chi connectivity index (χ1v) is 10.9. The number of benzene rings is 1. The molecule has 0 saturated carbocycles. The number of pyridine rings is 1. The fraction of sp³-hybridized carbons (Fsp3) is 0.458. The highest BCUT2D eigenvalue weighted by molar-refractivity contribution is 6.00. The monoisotopic (exact) mass is 460 g/mol. The molecule has 6 nitrogen and oxygen atoms in total. The third-order valence-corrected chi connectivity index (χ3v) is 6.36. The van der Waals surface area contributed by atoms with Gasteiger partial charge in [0.25, 0.3) is 5.91 Å². The predicted octanol–water partition coefficient (Wildman–Crippen LogP) is 3.56. The molecule has 2 amide bonds. The Balaban J connectivity index is 1.63. The molecule has 33 heavy (non-hydrogen) atoms. The van der Waals surface area contributed by atoms with Gasteiger partial charge in [-0.15, -0.1) is 0 Å². The number of hydrogen-bond acceptors (Lipinski definition) is 4. The molecule has 9 heteroatoms. The standard InChI is InChI=1S/C24H27F3N4O2/c1-15(2)30-12-21(32)31(11-18-5-7-19(8-6-18)24(25,26)27)23(22(30)33)13-29(14-23)20-9-16(3)28-17(4)10-20/h5-10,15H,11-14H2,1-4H3. The Morgan fingerprint density at radius 3 is 2.12 bits per heavy atom. The number of rotatable bonds is 4. The zero-order chi connectivity index (χ0) is 24.1. The molecule has 0 unspecified atom stereocenters. The molecular weight excluding hydrogens is 433 g/mol. The zero-order valence-electron chi connectivity index (χ0n) is 19.1. The number of hydrogen-bond donors (Lipinski definition) is 0. The number of piperazine rings is 1. The van der Waals surface area contributed by atoms with Crippen molar-refractivity contribution >= 4 is 17.5 Å². The summed E-state index contributed by atoms with van der Waals surface area (Å²) in [7, 11) is 0. The van der Waals surface area contributed by atoms with E-state index in [-0.39, 0.29) is 30.9 Å². The molecule has 4 rings (SSSR count). The molecule has 0 N–H and O–H groups in total.